The van der Waals surface area contributed by atoms with E-state index in [1.165, 1.54) is 24.5 Å². The second-order valence-electron chi connectivity index (χ2n) is 7.16. The van der Waals surface area contributed by atoms with Crippen LogP contribution < -0.4 is 5.73 Å². The van der Waals surface area contributed by atoms with Gasteiger partial charge in [0.15, 0.2) is 0 Å². The van der Waals surface area contributed by atoms with Crippen molar-refractivity contribution in [2.45, 2.75) is 24.7 Å². The molecule has 3 aromatic rings. The fourth-order valence-corrected chi connectivity index (χ4v) is 3.71. The second kappa shape index (κ2) is 8.46. The number of hydrogen-bond acceptors (Lipinski definition) is 6. The van der Waals surface area contributed by atoms with E-state index in [0.717, 1.165) is 12.1 Å². The molecular formula is C22H19F2N3O4. The number of halogens is 2. The Kier molecular flexibility index (Phi) is 5.73. The monoisotopic (exact) mass is 427 g/mol. The summed E-state index contributed by atoms with van der Waals surface area (Å²) >= 11 is 0. The molecule has 9 heteroatoms. The normalized spacial score (nSPS) is 21.1. The van der Waals surface area contributed by atoms with Crippen LogP contribution in [0.2, 0.25) is 0 Å². The molecule has 3 unspecified atom stereocenters. The van der Waals surface area contributed by atoms with Gasteiger partial charge in [-0.1, -0.05) is 12.1 Å². The van der Waals surface area contributed by atoms with Gasteiger partial charge in [0.1, 0.15) is 29.5 Å². The van der Waals surface area contributed by atoms with Crippen LogP contribution in [0.25, 0.3) is 22.4 Å². The molecule has 1 saturated heterocycles. The Labute approximate surface area is 176 Å². The number of primary amides is 1. The van der Waals surface area contributed by atoms with Crippen molar-refractivity contribution in [2.75, 3.05) is 6.61 Å². The van der Waals surface area contributed by atoms with Crippen molar-refractivity contribution < 1.29 is 28.5 Å². The van der Waals surface area contributed by atoms with Gasteiger partial charge in [-0.05, 0) is 36.2 Å². The molecule has 0 spiro atoms. The van der Waals surface area contributed by atoms with Gasteiger partial charge < -0.3 is 20.7 Å². The van der Waals surface area contributed by atoms with E-state index in [2.05, 4.69) is 9.97 Å². The fraction of sp³-hybridized carbons (Fsp3) is 0.227. The Morgan fingerprint density at radius 1 is 1.13 bits per heavy atom. The van der Waals surface area contributed by atoms with Gasteiger partial charge in [0.05, 0.1) is 24.0 Å². The van der Waals surface area contributed by atoms with Gasteiger partial charge in [-0.2, -0.15) is 0 Å². The van der Waals surface area contributed by atoms with Crippen LogP contribution in [0.15, 0.2) is 48.8 Å². The summed E-state index contributed by atoms with van der Waals surface area (Å²) in [6.45, 7) is 0.132. The van der Waals surface area contributed by atoms with Gasteiger partial charge in [0, 0.05) is 23.5 Å². The van der Waals surface area contributed by atoms with Crippen molar-refractivity contribution in [1.82, 2.24) is 9.97 Å². The molecule has 2 aromatic heterocycles. The van der Waals surface area contributed by atoms with Gasteiger partial charge in [0.2, 0.25) is 0 Å². The lowest BCUT2D eigenvalue weighted by Crippen LogP contribution is -2.39. The quantitative estimate of drug-likeness (QED) is 0.588. The molecule has 1 aromatic carbocycles. The van der Waals surface area contributed by atoms with Crippen LogP contribution in [0.5, 0.6) is 0 Å². The van der Waals surface area contributed by atoms with Crippen LogP contribution in [-0.4, -0.2) is 44.9 Å². The van der Waals surface area contributed by atoms with Gasteiger partial charge in [-0.25, -0.2) is 13.8 Å². The minimum absolute atomic E-state index is 0.132. The van der Waals surface area contributed by atoms with E-state index in [1.54, 1.807) is 12.1 Å². The Balaban J connectivity index is 2.04. The molecule has 0 saturated carbocycles. The standard InChI is InChI=1S/C22H19F2N3O4/c23-13-4-1-5-14(24)18(13)15-9-12(21-20(29)16(28)6-8-31-21)17(19(27-15)22(25)30)11-3-2-7-26-10-11/h1-5,7,9-10,16,20-21,28-29H,6,8H2,(H2,25,30). The second-order valence-corrected chi connectivity index (χ2v) is 7.16. The molecule has 31 heavy (non-hydrogen) atoms. The third kappa shape index (κ3) is 3.90. The number of carbonyl (C=O) groups excluding carboxylic acids is 1. The van der Waals surface area contributed by atoms with Crippen LogP contribution in [0, 0.1) is 11.6 Å². The summed E-state index contributed by atoms with van der Waals surface area (Å²) in [5.41, 5.74) is 5.52. The van der Waals surface area contributed by atoms with Crippen molar-refractivity contribution in [1.29, 1.82) is 0 Å². The van der Waals surface area contributed by atoms with E-state index in [0.29, 0.717) is 5.56 Å². The largest absolute Gasteiger partial charge is 0.390 e. The summed E-state index contributed by atoms with van der Waals surface area (Å²) in [5, 5.41) is 20.7. The van der Waals surface area contributed by atoms with E-state index in [9.17, 15) is 23.8 Å². The van der Waals surface area contributed by atoms with Gasteiger partial charge in [0.25, 0.3) is 5.91 Å². The zero-order valence-corrected chi connectivity index (χ0v) is 16.2. The van der Waals surface area contributed by atoms with E-state index >= 15 is 0 Å². The first-order chi connectivity index (χ1) is 14.9. The lowest BCUT2D eigenvalue weighted by Gasteiger charge is -2.34. The van der Waals surface area contributed by atoms with E-state index in [-0.39, 0.29) is 35.5 Å². The lowest BCUT2D eigenvalue weighted by atomic mass is 9.88. The fourth-order valence-electron chi connectivity index (χ4n) is 3.71. The summed E-state index contributed by atoms with van der Waals surface area (Å²) in [6.07, 6.45) is -0.317. The Hall–Kier alpha value is -3.27. The molecule has 4 rings (SSSR count). The van der Waals surface area contributed by atoms with Crippen LogP contribution in [-0.2, 0) is 4.74 Å². The average molecular weight is 427 g/mol. The van der Waals surface area contributed by atoms with Crippen molar-refractivity contribution in [3.8, 4) is 22.4 Å². The number of hydrogen-bond donors (Lipinski definition) is 3. The third-order valence-electron chi connectivity index (χ3n) is 5.17. The molecule has 1 aliphatic heterocycles. The van der Waals surface area contributed by atoms with Crippen LogP contribution in [0.4, 0.5) is 8.78 Å². The minimum Gasteiger partial charge on any atom is -0.390 e. The number of aliphatic hydroxyl groups excluding tert-OH is 2. The topological polar surface area (TPSA) is 119 Å². The molecule has 1 amide bonds. The highest BCUT2D eigenvalue weighted by molar-refractivity contribution is 5.99. The molecular weight excluding hydrogens is 408 g/mol. The minimum atomic E-state index is -1.34. The summed E-state index contributed by atoms with van der Waals surface area (Å²) in [4.78, 5) is 20.5. The molecule has 3 atom stereocenters. The van der Waals surface area contributed by atoms with E-state index in [1.807, 2.05) is 0 Å². The molecule has 7 nitrogen and oxygen atoms in total. The first kappa shape index (κ1) is 21.0. The highest BCUT2D eigenvalue weighted by Crippen LogP contribution is 2.39. The van der Waals surface area contributed by atoms with Crippen molar-refractivity contribution >= 4 is 5.91 Å². The highest BCUT2D eigenvalue weighted by Gasteiger charge is 2.36. The Morgan fingerprint density at radius 3 is 2.52 bits per heavy atom. The average Bonchev–Trinajstić information content (AvgIpc) is 2.75. The van der Waals surface area contributed by atoms with Crippen molar-refractivity contribution in [2.24, 2.45) is 5.73 Å². The maximum Gasteiger partial charge on any atom is 0.267 e. The molecule has 4 N–H and O–H groups in total. The summed E-state index contributed by atoms with van der Waals surface area (Å²) in [6, 6.07) is 7.94. The number of aliphatic hydroxyl groups is 2. The maximum absolute atomic E-state index is 14.5. The molecule has 0 radical (unpaired) electrons. The highest BCUT2D eigenvalue weighted by atomic mass is 19.1. The number of benzene rings is 1. The zero-order chi connectivity index (χ0) is 22.1. The first-order valence-corrected chi connectivity index (χ1v) is 9.55. The lowest BCUT2D eigenvalue weighted by molar-refractivity contribution is -0.136. The Morgan fingerprint density at radius 2 is 1.87 bits per heavy atom. The number of carbonyl (C=O) groups is 1. The third-order valence-corrected chi connectivity index (χ3v) is 5.17. The predicted octanol–water partition coefficient (Wildman–Crippen LogP) is 2.37. The van der Waals surface area contributed by atoms with Gasteiger partial charge in [-0.3, -0.25) is 9.78 Å². The first-order valence-electron chi connectivity index (χ1n) is 9.55. The number of nitrogens with zero attached hydrogens (tertiary/aromatic N) is 2. The SMILES string of the molecule is NC(=O)c1nc(-c2c(F)cccc2F)cc(C2OCCC(O)C2O)c1-c1cccnc1. The summed E-state index contributed by atoms with van der Waals surface area (Å²) < 4.78 is 34.7. The summed E-state index contributed by atoms with van der Waals surface area (Å²) in [5.74, 6) is -2.70. The van der Waals surface area contributed by atoms with Crippen LogP contribution in [0.1, 0.15) is 28.6 Å². The van der Waals surface area contributed by atoms with Crippen molar-refractivity contribution in [3.63, 3.8) is 0 Å². The van der Waals surface area contributed by atoms with Crippen LogP contribution in [0.3, 0.4) is 0 Å². The zero-order valence-electron chi connectivity index (χ0n) is 16.2. The van der Waals surface area contributed by atoms with Gasteiger partial charge >= 0.3 is 0 Å². The number of ether oxygens (including phenoxy) is 1. The van der Waals surface area contributed by atoms with Gasteiger partial charge in [-0.15, -0.1) is 0 Å². The van der Waals surface area contributed by atoms with E-state index < -0.39 is 41.4 Å². The molecule has 1 aliphatic rings. The maximum atomic E-state index is 14.5. The molecule has 0 aliphatic carbocycles. The smallest absolute Gasteiger partial charge is 0.267 e. The number of aromatic nitrogens is 2. The number of nitrogens with two attached hydrogens (primary N) is 1. The van der Waals surface area contributed by atoms with Crippen LogP contribution >= 0.6 is 0 Å². The predicted molar refractivity (Wildman–Crippen MR) is 107 cm³/mol. The molecule has 0 bridgehead atoms. The summed E-state index contributed by atoms with van der Waals surface area (Å²) in [7, 11) is 0. The molecule has 160 valence electrons. The van der Waals surface area contributed by atoms with Crippen molar-refractivity contribution in [3.05, 3.63) is 71.7 Å². The molecule has 1 fully saturated rings. The number of amides is 1. The van der Waals surface area contributed by atoms with E-state index in [4.69, 9.17) is 10.5 Å². The number of pyridine rings is 2. The number of rotatable bonds is 4. The Bertz CT molecular complexity index is 1110. The molecule has 3 heterocycles.